The van der Waals surface area contributed by atoms with E-state index in [4.69, 9.17) is 10.5 Å². The molecule has 110 valence electrons. The minimum Gasteiger partial charge on any atom is -0.450 e. The highest BCUT2D eigenvalue weighted by atomic mass is 32.2. The molecule has 0 bridgehead atoms. The van der Waals surface area contributed by atoms with Gasteiger partial charge in [0.2, 0.25) is 10.0 Å². The third-order valence-corrected chi connectivity index (χ3v) is 4.41. The van der Waals surface area contributed by atoms with Gasteiger partial charge in [0, 0.05) is 19.1 Å². The second-order valence-electron chi connectivity index (χ2n) is 4.30. The average molecular weight is 309 g/mol. The third kappa shape index (κ3) is 5.70. The highest BCUT2D eigenvalue weighted by molar-refractivity contribution is 7.92. The monoisotopic (exact) mass is 309 g/mol. The normalized spacial score (nSPS) is 17.2. The molecular formula is C10H19N3O4S2. The molecule has 1 rings (SSSR count). The number of sulfonamides is 1. The molecule has 0 aliphatic carbocycles. The van der Waals surface area contributed by atoms with Gasteiger partial charge < -0.3 is 15.4 Å². The quantitative estimate of drug-likeness (QED) is 0.683. The lowest BCUT2D eigenvalue weighted by Gasteiger charge is -2.31. The van der Waals surface area contributed by atoms with Crippen LogP contribution >= 0.6 is 12.2 Å². The number of nitrogens with zero attached hydrogens (tertiary/aromatic N) is 1. The maximum absolute atomic E-state index is 11.6. The number of carbonyl (C=O) groups excluding carboxylic acids is 1. The molecule has 1 saturated heterocycles. The molecule has 9 heteroatoms. The summed E-state index contributed by atoms with van der Waals surface area (Å²) in [5.74, 6) is -0.347. The van der Waals surface area contributed by atoms with Gasteiger partial charge in [0.1, 0.15) is 5.75 Å². The zero-order valence-corrected chi connectivity index (χ0v) is 12.4. The number of piperidine rings is 1. The van der Waals surface area contributed by atoms with Gasteiger partial charge in [-0.3, -0.25) is 0 Å². The minimum absolute atomic E-state index is 0.0588. The van der Waals surface area contributed by atoms with Gasteiger partial charge in [-0.15, -0.1) is 0 Å². The van der Waals surface area contributed by atoms with Crippen LogP contribution in [0.3, 0.4) is 0 Å². The summed E-state index contributed by atoms with van der Waals surface area (Å²) in [4.78, 5) is 13.0. The maximum atomic E-state index is 11.6. The second kappa shape index (κ2) is 7.01. The molecule has 0 aromatic heterocycles. The summed E-state index contributed by atoms with van der Waals surface area (Å²) >= 11 is 4.58. The van der Waals surface area contributed by atoms with E-state index in [0.717, 1.165) is 0 Å². The van der Waals surface area contributed by atoms with Crippen LogP contribution in [0.25, 0.3) is 0 Å². The molecule has 1 heterocycles. The summed E-state index contributed by atoms with van der Waals surface area (Å²) in [6.45, 7) is 3.02. The Hall–Kier alpha value is -0.930. The number of likely N-dealkylation sites (tertiary alicyclic amines) is 1. The first-order valence-corrected chi connectivity index (χ1v) is 8.10. The smallest absolute Gasteiger partial charge is 0.409 e. The number of carbonyl (C=O) groups is 1. The molecular weight excluding hydrogens is 290 g/mol. The van der Waals surface area contributed by atoms with E-state index in [1.807, 2.05) is 0 Å². The van der Waals surface area contributed by atoms with Gasteiger partial charge in [-0.1, -0.05) is 12.2 Å². The van der Waals surface area contributed by atoms with Crippen molar-refractivity contribution in [2.75, 3.05) is 25.4 Å². The molecule has 1 amide bonds. The van der Waals surface area contributed by atoms with Crippen molar-refractivity contribution in [1.29, 1.82) is 0 Å². The Balaban J connectivity index is 2.42. The fourth-order valence-corrected chi connectivity index (χ4v) is 3.54. The highest BCUT2D eigenvalue weighted by Gasteiger charge is 2.26. The average Bonchev–Trinajstić information content (AvgIpc) is 2.27. The van der Waals surface area contributed by atoms with Gasteiger partial charge in [0.05, 0.1) is 11.6 Å². The second-order valence-corrected chi connectivity index (χ2v) is 6.58. The molecule has 0 aromatic rings. The van der Waals surface area contributed by atoms with E-state index >= 15 is 0 Å². The number of amides is 1. The van der Waals surface area contributed by atoms with E-state index in [0.29, 0.717) is 32.5 Å². The lowest BCUT2D eigenvalue weighted by Crippen LogP contribution is -2.47. The first-order valence-electron chi connectivity index (χ1n) is 6.04. The van der Waals surface area contributed by atoms with Gasteiger partial charge >= 0.3 is 6.09 Å². The molecule has 7 nitrogen and oxygen atoms in total. The summed E-state index contributed by atoms with van der Waals surface area (Å²) in [7, 11) is -3.48. The number of nitrogens with two attached hydrogens (primary N) is 1. The largest absolute Gasteiger partial charge is 0.450 e. The minimum atomic E-state index is -3.48. The van der Waals surface area contributed by atoms with Crippen molar-refractivity contribution >= 4 is 33.3 Å². The van der Waals surface area contributed by atoms with Crippen molar-refractivity contribution in [2.45, 2.75) is 25.8 Å². The van der Waals surface area contributed by atoms with Gasteiger partial charge in [0.15, 0.2) is 0 Å². The van der Waals surface area contributed by atoms with Crippen LogP contribution in [0.15, 0.2) is 0 Å². The highest BCUT2D eigenvalue weighted by Crippen LogP contribution is 2.12. The zero-order valence-electron chi connectivity index (χ0n) is 10.8. The van der Waals surface area contributed by atoms with Crippen molar-refractivity contribution in [2.24, 2.45) is 5.73 Å². The zero-order chi connectivity index (χ0) is 14.5. The van der Waals surface area contributed by atoms with Gasteiger partial charge in [0.25, 0.3) is 0 Å². The molecule has 3 N–H and O–H groups in total. The molecule has 0 aromatic carbocycles. The predicted octanol–water partition coefficient (Wildman–Crippen LogP) is -0.187. The van der Waals surface area contributed by atoms with E-state index in [2.05, 4.69) is 16.9 Å². The summed E-state index contributed by atoms with van der Waals surface area (Å²) < 4.78 is 30.7. The third-order valence-electron chi connectivity index (χ3n) is 2.70. The van der Waals surface area contributed by atoms with Crippen LogP contribution < -0.4 is 10.5 Å². The summed E-state index contributed by atoms with van der Waals surface area (Å²) in [6, 6.07) is -0.190. The Morgan fingerprint density at radius 3 is 2.53 bits per heavy atom. The van der Waals surface area contributed by atoms with E-state index in [1.54, 1.807) is 11.8 Å². The number of rotatable bonds is 5. The van der Waals surface area contributed by atoms with E-state index in [-0.39, 0.29) is 22.9 Å². The first kappa shape index (κ1) is 16.1. The van der Waals surface area contributed by atoms with Crippen molar-refractivity contribution in [1.82, 2.24) is 9.62 Å². The summed E-state index contributed by atoms with van der Waals surface area (Å²) in [5.41, 5.74) is 5.22. The molecule has 0 radical (unpaired) electrons. The Morgan fingerprint density at radius 1 is 1.47 bits per heavy atom. The topological polar surface area (TPSA) is 102 Å². The van der Waals surface area contributed by atoms with Gasteiger partial charge in [-0.25, -0.2) is 17.9 Å². The van der Waals surface area contributed by atoms with Crippen LogP contribution in [0.5, 0.6) is 0 Å². The predicted molar refractivity (Wildman–Crippen MR) is 75.3 cm³/mol. The van der Waals surface area contributed by atoms with Crippen molar-refractivity contribution in [3.63, 3.8) is 0 Å². The number of ether oxygens (including phenoxy) is 1. The fourth-order valence-electron chi connectivity index (χ4n) is 1.88. The Morgan fingerprint density at radius 2 is 2.05 bits per heavy atom. The molecule has 1 aliphatic heterocycles. The number of hydrogen-bond donors (Lipinski definition) is 2. The maximum Gasteiger partial charge on any atom is 0.409 e. The van der Waals surface area contributed by atoms with Crippen molar-refractivity contribution in [3.8, 4) is 0 Å². The van der Waals surface area contributed by atoms with Crippen LogP contribution in [-0.2, 0) is 14.8 Å². The standard InChI is InChI=1S/C10H19N3O4S2/c1-2-17-10(14)13-5-3-8(4-6-13)12-19(15,16)7-9(11)18/h8,12H,2-7H2,1H3,(H2,11,18). The van der Waals surface area contributed by atoms with Gasteiger partial charge in [-0.2, -0.15) is 0 Å². The lowest BCUT2D eigenvalue weighted by molar-refractivity contribution is 0.0966. The molecule has 0 saturated carbocycles. The first-order chi connectivity index (χ1) is 8.84. The summed E-state index contributed by atoms with van der Waals surface area (Å²) in [6.07, 6.45) is 0.747. The van der Waals surface area contributed by atoms with E-state index in [9.17, 15) is 13.2 Å². The molecule has 1 fully saturated rings. The van der Waals surface area contributed by atoms with E-state index in [1.165, 1.54) is 0 Å². The van der Waals surface area contributed by atoms with Crippen molar-refractivity contribution in [3.05, 3.63) is 0 Å². The molecule has 0 unspecified atom stereocenters. The van der Waals surface area contributed by atoms with Gasteiger partial charge in [-0.05, 0) is 19.8 Å². The van der Waals surface area contributed by atoms with Crippen LogP contribution in [-0.4, -0.2) is 55.9 Å². The lowest BCUT2D eigenvalue weighted by atomic mass is 10.1. The van der Waals surface area contributed by atoms with Crippen LogP contribution in [0.4, 0.5) is 4.79 Å². The Kier molecular flexibility index (Phi) is 5.95. The van der Waals surface area contributed by atoms with Crippen LogP contribution in [0, 0.1) is 0 Å². The number of nitrogens with one attached hydrogen (secondary N) is 1. The van der Waals surface area contributed by atoms with Crippen LogP contribution in [0.2, 0.25) is 0 Å². The SMILES string of the molecule is CCOC(=O)N1CCC(NS(=O)(=O)CC(N)=S)CC1. The Bertz CT molecular complexity index is 430. The molecule has 0 spiro atoms. The van der Waals surface area contributed by atoms with Crippen LogP contribution in [0.1, 0.15) is 19.8 Å². The molecule has 0 atom stereocenters. The molecule has 19 heavy (non-hydrogen) atoms. The van der Waals surface area contributed by atoms with Crippen molar-refractivity contribution < 1.29 is 17.9 Å². The molecule has 1 aliphatic rings. The Labute approximate surface area is 118 Å². The number of thiocarbonyl (C=S) groups is 1. The fraction of sp³-hybridized carbons (Fsp3) is 0.800. The summed E-state index contributed by atoms with van der Waals surface area (Å²) in [5, 5.41) is 0. The number of hydrogen-bond acceptors (Lipinski definition) is 5. The van der Waals surface area contributed by atoms with E-state index < -0.39 is 10.0 Å².